The zero-order valence-electron chi connectivity index (χ0n) is 15.9. The second-order valence-electron chi connectivity index (χ2n) is 6.92. The molecule has 0 heterocycles. The third kappa shape index (κ3) is 4.52. The van der Waals surface area contributed by atoms with Crippen molar-refractivity contribution in [3.05, 3.63) is 93.0 Å². The molecule has 0 amide bonds. The molecule has 0 N–H and O–H groups in total. The summed E-state index contributed by atoms with van der Waals surface area (Å²) in [5.74, 6) is 0. The van der Waals surface area contributed by atoms with E-state index in [-0.39, 0.29) is 11.4 Å². The van der Waals surface area contributed by atoms with E-state index in [0.717, 1.165) is 22.3 Å². The van der Waals surface area contributed by atoms with Crippen molar-refractivity contribution in [1.29, 1.82) is 0 Å². The Hall–Kier alpha value is -2.01. The number of anilines is 1. The lowest BCUT2D eigenvalue weighted by atomic mass is 10.1. The lowest BCUT2D eigenvalue weighted by Crippen LogP contribution is -2.30. The van der Waals surface area contributed by atoms with Crippen molar-refractivity contribution in [3.63, 3.8) is 0 Å². The monoisotopic (exact) mass is 433 g/mol. The van der Waals surface area contributed by atoms with Gasteiger partial charge in [-0.05, 0) is 73.9 Å². The minimum atomic E-state index is -3.77. The summed E-state index contributed by atoms with van der Waals surface area (Å²) >= 11 is 12.2. The van der Waals surface area contributed by atoms with Crippen LogP contribution in [0.15, 0.2) is 65.6 Å². The van der Waals surface area contributed by atoms with Gasteiger partial charge in [0.15, 0.2) is 0 Å². The molecule has 0 aromatic heterocycles. The van der Waals surface area contributed by atoms with Crippen LogP contribution in [0.3, 0.4) is 0 Å². The van der Waals surface area contributed by atoms with Crippen LogP contribution in [0.5, 0.6) is 0 Å². The van der Waals surface area contributed by atoms with Gasteiger partial charge in [-0.25, -0.2) is 8.42 Å². The van der Waals surface area contributed by atoms with Gasteiger partial charge in [-0.3, -0.25) is 4.31 Å². The lowest BCUT2D eigenvalue weighted by Gasteiger charge is -2.26. The molecule has 3 nitrogen and oxygen atoms in total. The molecule has 0 saturated carbocycles. The van der Waals surface area contributed by atoms with E-state index in [1.54, 1.807) is 42.5 Å². The molecule has 0 saturated heterocycles. The fourth-order valence-electron chi connectivity index (χ4n) is 3.05. The number of halogens is 2. The quantitative estimate of drug-likeness (QED) is 0.472. The van der Waals surface area contributed by atoms with Gasteiger partial charge < -0.3 is 0 Å². The molecule has 0 fully saturated rings. The molecule has 6 heteroatoms. The standard InChI is InChI=1S/C22H21Cl2NO2S/c1-15-4-7-20(8-5-15)28(26,27)25(19-11-16(2)10-17(3)12-19)14-18-6-9-21(23)22(24)13-18/h4-13H,14H2,1-3H3. The molecule has 0 aliphatic carbocycles. The summed E-state index contributed by atoms with van der Waals surface area (Å²) in [6.07, 6.45) is 0. The first-order valence-corrected chi connectivity index (χ1v) is 11.0. The van der Waals surface area contributed by atoms with Gasteiger partial charge in [0.25, 0.3) is 10.0 Å². The molecule has 3 aromatic carbocycles. The van der Waals surface area contributed by atoms with Gasteiger partial charge in [0, 0.05) is 0 Å². The topological polar surface area (TPSA) is 37.4 Å². The van der Waals surface area contributed by atoms with Crippen LogP contribution in [0, 0.1) is 20.8 Å². The summed E-state index contributed by atoms with van der Waals surface area (Å²) in [7, 11) is -3.77. The average Bonchev–Trinajstić information content (AvgIpc) is 2.62. The van der Waals surface area contributed by atoms with Crippen LogP contribution < -0.4 is 4.31 Å². The van der Waals surface area contributed by atoms with Gasteiger partial charge in [0.05, 0.1) is 27.2 Å². The first kappa shape index (κ1) is 20.7. The van der Waals surface area contributed by atoms with Gasteiger partial charge in [0.1, 0.15) is 0 Å². The molecular formula is C22H21Cl2NO2S. The average molecular weight is 434 g/mol. The minimum Gasteiger partial charge on any atom is -0.262 e. The van der Waals surface area contributed by atoms with E-state index in [9.17, 15) is 8.42 Å². The van der Waals surface area contributed by atoms with Crippen LogP contribution in [0.25, 0.3) is 0 Å². The van der Waals surface area contributed by atoms with Gasteiger partial charge >= 0.3 is 0 Å². The first-order valence-electron chi connectivity index (χ1n) is 8.78. The summed E-state index contributed by atoms with van der Waals surface area (Å²) in [6.45, 7) is 5.97. The predicted molar refractivity (Wildman–Crippen MR) is 117 cm³/mol. The second-order valence-corrected chi connectivity index (χ2v) is 9.60. The zero-order chi connectivity index (χ0) is 20.5. The van der Waals surface area contributed by atoms with E-state index in [2.05, 4.69) is 0 Å². The van der Waals surface area contributed by atoms with Gasteiger partial charge in [-0.2, -0.15) is 0 Å². The van der Waals surface area contributed by atoms with E-state index in [1.165, 1.54) is 4.31 Å². The summed E-state index contributed by atoms with van der Waals surface area (Å²) < 4.78 is 28.4. The second kappa shape index (κ2) is 8.16. The Morgan fingerprint density at radius 3 is 1.93 bits per heavy atom. The number of sulfonamides is 1. The SMILES string of the molecule is Cc1ccc(S(=O)(=O)N(Cc2ccc(Cl)c(Cl)c2)c2cc(C)cc(C)c2)cc1. The number of nitrogens with zero attached hydrogens (tertiary/aromatic N) is 1. The van der Waals surface area contributed by atoms with Crippen molar-refractivity contribution >= 4 is 38.9 Å². The summed E-state index contributed by atoms with van der Waals surface area (Å²) in [5, 5.41) is 0.831. The summed E-state index contributed by atoms with van der Waals surface area (Å²) in [5.41, 5.74) is 4.36. The highest BCUT2D eigenvalue weighted by atomic mass is 35.5. The highest BCUT2D eigenvalue weighted by molar-refractivity contribution is 7.92. The third-order valence-corrected chi connectivity index (χ3v) is 6.94. The van der Waals surface area contributed by atoms with Crippen LogP contribution in [-0.4, -0.2) is 8.42 Å². The van der Waals surface area contributed by atoms with Gasteiger partial charge in [-0.15, -0.1) is 0 Å². The molecule has 146 valence electrons. The largest absolute Gasteiger partial charge is 0.264 e. The van der Waals surface area contributed by atoms with E-state index >= 15 is 0 Å². The Labute approximate surface area is 176 Å². The van der Waals surface area contributed by atoms with Crippen molar-refractivity contribution in [2.45, 2.75) is 32.2 Å². The maximum absolute atomic E-state index is 13.5. The number of hydrogen-bond acceptors (Lipinski definition) is 2. The fourth-order valence-corrected chi connectivity index (χ4v) is 4.81. The Morgan fingerprint density at radius 2 is 1.36 bits per heavy atom. The van der Waals surface area contributed by atoms with Gasteiger partial charge in [-0.1, -0.05) is 53.0 Å². The molecule has 3 aromatic rings. The van der Waals surface area contributed by atoms with Gasteiger partial charge in [0.2, 0.25) is 0 Å². The van der Waals surface area contributed by atoms with Crippen LogP contribution in [-0.2, 0) is 16.6 Å². The van der Waals surface area contributed by atoms with E-state index < -0.39 is 10.0 Å². The Morgan fingerprint density at radius 1 is 0.750 bits per heavy atom. The minimum absolute atomic E-state index is 0.149. The number of hydrogen-bond donors (Lipinski definition) is 0. The number of benzene rings is 3. The number of aryl methyl sites for hydroxylation is 3. The molecule has 0 spiro atoms. The first-order chi connectivity index (χ1) is 13.2. The van der Waals surface area contributed by atoms with Crippen molar-refractivity contribution in [1.82, 2.24) is 0 Å². The van der Waals surface area contributed by atoms with Crippen LogP contribution in [0.4, 0.5) is 5.69 Å². The van der Waals surface area contributed by atoms with Crippen LogP contribution in [0.2, 0.25) is 10.0 Å². The van der Waals surface area contributed by atoms with Crippen LogP contribution >= 0.6 is 23.2 Å². The molecule has 0 radical (unpaired) electrons. The van der Waals surface area contributed by atoms with Crippen molar-refractivity contribution in [2.24, 2.45) is 0 Å². The van der Waals surface area contributed by atoms with E-state index in [1.807, 2.05) is 39.0 Å². The Bertz CT molecular complexity index is 1090. The maximum Gasteiger partial charge on any atom is 0.264 e. The summed E-state index contributed by atoms with van der Waals surface area (Å²) in [6, 6.07) is 17.8. The smallest absolute Gasteiger partial charge is 0.262 e. The number of rotatable bonds is 5. The molecule has 0 bridgehead atoms. The highest BCUT2D eigenvalue weighted by Crippen LogP contribution is 2.30. The van der Waals surface area contributed by atoms with Crippen LogP contribution in [0.1, 0.15) is 22.3 Å². The predicted octanol–water partition coefficient (Wildman–Crippen LogP) is 6.31. The Kier molecular flexibility index (Phi) is 6.04. The van der Waals surface area contributed by atoms with Crippen molar-refractivity contribution < 1.29 is 8.42 Å². The molecule has 0 aliphatic heterocycles. The molecule has 28 heavy (non-hydrogen) atoms. The lowest BCUT2D eigenvalue weighted by molar-refractivity contribution is 0.590. The third-order valence-electron chi connectivity index (χ3n) is 4.41. The normalized spacial score (nSPS) is 11.5. The molecule has 3 rings (SSSR count). The summed E-state index contributed by atoms with van der Waals surface area (Å²) in [4.78, 5) is 0.248. The van der Waals surface area contributed by atoms with Crippen molar-refractivity contribution in [3.8, 4) is 0 Å². The molecule has 0 atom stereocenters. The van der Waals surface area contributed by atoms with Crippen molar-refractivity contribution in [2.75, 3.05) is 4.31 Å². The maximum atomic E-state index is 13.5. The van der Waals surface area contributed by atoms with E-state index in [0.29, 0.717) is 15.7 Å². The fraction of sp³-hybridized carbons (Fsp3) is 0.182. The highest BCUT2D eigenvalue weighted by Gasteiger charge is 2.26. The molecular weight excluding hydrogens is 413 g/mol. The molecule has 0 aliphatic rings. The molecule has 0 unspecified atom stereocenters. The van der Waals surface area contributed by atoms with E-state index in [4.69, 9.17) is 23.2 Å². The Balaban J connectivity index is 2.12. The zero-order valence-corrected chi connectivity index (χ0v) is 18.2.